The Balaban J connectivity index is 3.87. The molecular formula is C40H54O20Si2. The molecule has 0 spiro atoms. The van der Waals surface area contributed by atoms with Gasteiger partial charge in [0.1, 0.15) is 26.4 Å². The van der Waals surface area contributed by atoms with Crippen molar-refractivity contribution in [3.05, 3.63) is 83.0 Å². The van der Waals surface area contributed by atoms with Crippen molar-refractivity contribution >= 4 is 65.4 Å². The summed E-state index contributed by atoms with van der Waals surface area (Å²) in [5, 5.41) is 0. The van der Waals surface area contributed by atoms with Crippen LogP contribution in [0.4, 0.5) is 0 Å². The Morgan fingerprint density at radius 3 is 0.903 bits per heavy atom. The van der Waals surface area contributed by atoms with E-state index in [1.807, 2.05) is 0 Å². The lowest BCUT2D eigenvalue weighted by atomic mass is 9.98. The van der Waals surface area contributed by atoms with E-state index in [4.69, 9.17) is 55.0 Å². The summed E-state index contributed by atoms with van der Waals surface area (Å²) < 4.78 is 64.3. The molecule has 0 aliphatic rings. The Bertz CT molecular complexity index is 1740. The summed E-state index contributed by atoms with van der Waals surface area (Å²) in [6.45, 7) is 17.4. The highest BCUT2D eigenvalue weighted by molar-refractivity contribution is 6.63. The first-order valence-corrected chi connectivity index (χ1v) is 22.5. The Morgan fingerprint density at radius 1 is 0.403 bits per heavy atom. The average Bonchev–Trinajstić information content (AvgIpc) is 3.24. The molecule has 0 N–H and O–H groups in total. The first-order chi connectivity index (χ1) is 29.1. The fourth-order valence-corrected chi connectivity index (χ4v) is 8.23. The number of benzene rings is 1. The lowest BCUT2D eigenvalue weighted by Crippen LogP contribution is -2.46. The van der Waals surface area contributed by atoms with Crippen LogP contribution in [0.2, 0.25) is 12.1 Å². The third-order valence-corrected chi connectivity index (χ3v) is 13.4. The van der Waals surface area contributed by atoms with Crippen LogP contribution in [-0.4, -0.2) is 133 Å². The quantitative estimate of drug-likeness (QED) is 0.0378. The second-order valence-corrected chi connectivity index (χ2v) is 18.8. The molecule has 0 fully saturated rings. The zero-order chi connectivity index (χ0) is 47.2. The summed E-state index contributed by atoms with van der Waals surface area (Å²) in [4.78, 5) is 103. The molecule has 0 bridgehead atoms. The van der Waals surface area contributed by atoms with Crippen LogP contribution in [0.25, 0.3) is 0 Å². The molecular weight excluding hydrogens is 857 g/mol. The van der Waals surface area contributed by atoms with Crippen LogP contribution in [0.1, 0.15) is 82.0 Å². The molecule has 22 heteroatoms. The predicted molar refractivity (Wildman–Crippen MR) is 219 cm³/mol. The smallest absolute Gasteiger partial charge is 0.470 e. The van der Waals surface area contributed by atoms with E-state index in [0.29, 0.717) is 0 Å². The minimum absolute atomic E-state index is 0.0681. The summed E-state index contributed by atoms with van der Waals surface area (Å²) in [6.07, 6.45) is 0.161. The highest BCUT2D eigenvalue weighted by Gasteiger charge is 2.46. The number of carbonyl (C=O) groups is 8. The maximum Gasteiger partial charge on any atom is 0.567 e. The number of hydrogen-bond donors (Lipinski definition) is 0. The van der Waals surface area contributed by atoms with E-state index in [2.05, 4.69) is 26.3 Å². The second kappa shape index (κ2) is 26.5. The Morgan fingerprint density at radius 2 is 0.645 bits per heavy atom. The minimum Gasteiger partial charge on any atom is -0.470 e. The lowest BCUT2D eigenvalue weighted by Gasteiger charge is -2.27. The molecule has 0 amide bonds. The van der Waals surface area contributed by atoms with Gasteiger partial charge in [0.25, 0.3) is 0 Å². The van der Waals surface area contributed by atoms with E-state index in [-0.39, 0.29) is 60.4 Å². The molecule has 0 aliphatic heterocycles. The molecule has 1 rings (SSSR count). The molecule has 342 valence electrons. The van der Waals surface area contributed by atoms with Crippen LogP contribution in [0.15, 0.2) is 60.7 Å². The van der Waals surface area contributed by atoms with Crippen LogP contribution >= 0.6 is 0 Å². The van der Waals surface area contributed by atoms with Crippen molar-refractivity contribution in [1.82, 2.24) is 0 Å². The molecule has 0 heterocycles. The minimum atomic E-state index is -4.01. The number of ether oxygens (including phenoxy) is 6. The Kier molecular flexibility index (Phi) is 23.2. The van der Waals surface area contributed by atoms with Crippen LogP contribution < -0.4 is 0 Å². The summed E-state index contributed by atoms with van der Waals surface area (Å²) in [5.74, 6) is -8.00. The topological polar surface area (TPSA) is 247 Å². The first-order valence-electron chi connectivity index (χ1n) is 18.6. The van der Waals surface area contributed by atoms with Crippen LogP contribution in [0, 0.1) is 0 Å². The van der Waals surface area contributed by atoms with Gasteiger partial charge in [0, 0.05) is 62.8 Å². The first kappa shape index (κ1) is 54.2. The Labute approximate surface area is 361 Å². The largest absolute Gasteiger partial charge is 0.567 e. The number of rotatable bonds is 28. The summed E-state index contributed by atoms with van der Waals surface area (Å²) in [7, 11) is -3.24. The maximum atomic E-state index is 14.1. The number of esters is 6. The Hall–Kier alpha value is -5.79. The third-order valence-electron chi connectivity index (χ3n) is 7.99. The van der Waals surface area contributed by atoms with Crippen LogP contribution in [0.5, 0.6) is 0 Å². The fraction of sp³-hybridized carbons (Fsp3) is 0.450. The zero-order valence-corrected chi connectivity index (χ0v) is 38.2. The molecule has 0 saturated carbocycles. The van der Waals surface area contributed by atoms with Crippen molar-refractivity contribution in [1.29, 1.82) is 0 Å². The standard InChI is InChI=1S/C40H54O20Si2/c1-25(2)33(41)53-15-13-21-61(49-9,50-10)59-39(47)31-23-30(38(46)58-20-18-56-36(44)28(7)8)32(24-29(31)37(45)57-19-17-55-35(43)27(5)6)40(48)60-62(51-11,52-12)22-14-16-54-34(42)26(3)4/h23-24H,1,3,5,7,13-22H2,2,4,6,8-12H3. The summed E-state index contributed by atoms with van der Waals surface area (Å²) in [5.41, 5.74) is -2.18. The van der Waals surface area contributed by atoms with E-state index in [9.17, 15) is 38.4 Å². The molecule has 0 unspecified atom stereocenters. The van der Waals surface area contributed by atoms with Gasteiger partial charge in [-0.3, -0.25) is 0 Å². The van der Waals surface area contributed by atoms with Gasteiger partial charge in [-0.05, 0) is 52.7 Å². The molecule has 0 radical (unpaired) electrons. The van der Waals surface area contributed by atoms with E-state index >= 15 is 0 Å². The van der Waals surface area contributed by atoms with Gasteiger partial charge in [-0.1, -0.05) is 26.3 Å². The second-order valence-electron chi connectivity index (χ2n) is 13.0. The van der Waals surface area contributed by atoms with Crippen molar-refractivity contribution < 1.29 is 93.3 Å². The van der Waals surface area contributed by atoms with E-state index in [1.165, 1.54) is 56.1 Å². The van der Waals surface area contributed by atoms with E-state index < -0.39 is 114 Å². The molecule has 0 aliphatic carbocycles. The molecule has 1 aromatic rings. The van der Waals surface area contributed by atoms with E-state index in [0.717, 1.165) is 12.1 Å². The van der Waals surface area contributed by atoms with Crippen molar-refractivity contribution in [2.75, 3.05) is 68.1 Å². The third kappa shape index (κ3) is 17.3. The van der Waals surface area contributed by atoms with Gasteiger partial charge in [-0.2, -0.15) is 0 Å². The summed E-state index contributed by atoms with van der Waals surface area (Å²) in [6, 6.07) is 1.41. The van der Waals surface area contributed by atoms with Gasteiger partial charge < -0.3 is 55.0 Å². The monoisotopic (exact) mass is 910 g/mol. The summed E-state index contributed by atoms with van der Waals surface area (Å²) >= 11 is 0. The van der Waals surface area contributed by atoms with Crippen molar-refractivity contribution in [3.8, 4) is 0 Å². The average molecular weight is 911 g/mol. The van der Waals surface area contributed by atoms with Gasteiger partial charge in [0.2, 0.25) is 0 Å². The van der Waals surface area contributed by atoms with Crippen LogP contribution in [0.3, 0.4) is 0 Å². The van der Waals surface area contributed by atoms with Crippen molar-refractivity contribution in [3.63, 3.8) is 0 Å². The van der Waals surface area contributed by atoms with Gasteiger partial charge >= 0.3 is 65.4 Å². The predicted octanol–water partition coefficient (Wildman–Crippen LogP) is 4.03. The van der Waals surface area contributed by atoms with E-state index in [1.54, 1.807) is 0 Å². The van der Waals surface area contributed by atoms with Gasteiger partial charge in [-0.15, -0.1) is 0 Å². The lowest BCUT2D eigenvalue weighted by molar-refractivity contribution is -0.140. The molecule has 1 aromatic carbocycles. The number of hydrogen-bond acceptors (Lipinski definition) is 20. The van der Waals surface area contributed by atoms with Crippen LogP contribution in [-0.2, 0) is 74.2 Å². The van der Waals surface area contributed by atoms with Crippen molar-refractivity contribution in [2.24, 2.45) is 0 Å². The molecule has 0 atom stereocenters. The number of carbonyl (C=O) groups excluding carboxylic acids is 8. The molecule has 0 saturated heterocycles. The van der Waals surface area contributed by atoms with Crippen molar-refractivity contribution in [2.45, 2.75) is 52.6 Å². The van der Waals surface area contributed by atoms with Gasteiger partial charge in [0.15, 0.2) is 0 Å². The highest BCUT2D eigenvalue weighted by Crippen LogP contribution is 2.27. The normalized spacial score (nSPS) is 11.0. The zero-order valence-electron chi connectivity index (χ0n) is 36.2. The molecule has 0 aromatic heterocycles. The molecule has 20 nitrogen and oxygen atoms in total. The molecule has 62 heavy (non-hydrogen) atoms. The SMILES string of the molecule is C=C(C)C(=O)OCCC[Si](OC)(OC)OC(=O)c1cc(C(=O)OCCOC(=O)C(=C)C)c(C(=O)O[Si](CCCOC(=O)C(=C)C)(OC)OC)cc1C(=O)OCCOC(=O)C(=C)C. The maximum absolute atomic E-state index is 14.1. The van der Waals surface area contributed by atoms with Gasteiger partial charge in [0.05, 0.1) is 35.5 Å². The van der Waals surface area contributed by atoms with Gasteiger partial charge in [-0.25, -0.2) is 38.4 Å². The highest BCUT2D eigenvalue weighted by atomic mass is 28.4. The fourth-order valence-electron chi connectivity index (χ4n) is 4.60.